The van der Waals surface area contributed by atoms with Crippen LogP contribution < -0.4 is 5.73 Å². The predicted octanol–water partition coefficient (Wildman–Crippen LogP) is 0.302. The molecule has 0 aliphatic carbocycles. The van der Waals surface area contributed by atoms with Crippen LogP contribution in [0, 0.1) is 6.92 Å². The standard InChI is InChI=1S/C9H13N3O2/c1-6-4-12-8(5-11-6)7(3-10)2-9(13)14/h4-5,7H,2-3,10H2,1H3,(H,13,14). The van der Waals surface area contributed by atoms with Crippen molar-refractivity contribution in [2.75, 3.05) is 6.54 Å². The van der Waals surface area contributed by atoms with E-state index in [9.17, 15) is 4.79 Å². The molecular formula is C9H13N3O2. The normalized spacial score (nSPS) is 12.4. The van der Waals surface area contributed by atoms with E-state index in [-0.39, 0.29) is 18.9 Å². The highest BCUT2D eigenvalue weighted by Gasteiger charge is 2.15. The third-order valence-corrected chi connectivity index (χ3v) is 1.92. The fourth-order valence-corrected chi connectivity index (χ4v) is 1.13. The summed E-state index contributed by atoms with van der Waals surface area (Å²) >= 11 is 0. The Labute approximate surface area is 82.0 Å². The Morgan fingerprint density at radius 3 is 2.71 bits per heavy atom. The van der Waals surface area contributed by atoms with E-state index < -0.39 is 5.97 Å². The summed E-state index contributed by atoms with van der Waals surface area (Å²) in [7, 11) is 0. The Kier molecular flexibility index (Phi) is 3.53. The summed E-state index contributed by atoms with van der Waals surface area (Å²) in [5.41, 5.74) is 6.90. The molecule has 14 heavy (non-hydrogen) atoms. The van der Waals surface area contributed by atoms with Crippen LogP contribution in [0.5, 0.6) is 0 Å². The number of aliphatic carboxylic acids is 1. The van der Waals surface area contributed by atoms with Gasteiger partial charge >= 0.3 is 5.97 Å². The van der Waals surface area contributed by atoms with Gasteiger partial charge < -0.3 is 10.8 Å². The number of nitrogens with zero attached hydrogens (tertiary/aromatic N) is 2. The van der Waals surface area contributed by atoms with Gasteiger partial charge in [-0.05, 0) is 6.92 Å². The van der Waals surface area contributed by atoms with Gasteiger partial charge in [0.25, 0.3) is 0 Å². The van der Waals surface area contributed by atoms with E-state index in [1.165, 1.54) is 0 Å². The molecule has 3 N–H and O–H groups in total. The summed E-state index contributed by atoms with van der Waals surface area (Å²) in [6, 6.07) is 0. The zero-order valence-corrected chi connectivity index (χ0v) is 7.97. The first-order chi connectivity index (χ1) is 6.63. The van der Waals surface area contributed by atoms with Crippen molar-refractivity contribution in [1.29, 1.82) is 0 Å². The Hall–Kier alpha value is -1.49. The SMILES string of the molecule is Cc1cnc(C(CN)CC(=O)O)cn1. The highest BCUT2D eigenvalue weighted by atomic mass is 16.4. The number of hydrogen-bond acceptors (Lipinski definition) is 4. The van der Waals surface area contributed by atoms with Crippen LogP contribution in [0.25, 0.3) is 0 Å². The molecule has 5 heteroatoms. The molecule has 1 atom stereocenters. The van der Waals surface area contributed by atoms with Crippen LogP contribution in [0.4, 0.5) is 0 Å². The number of nitrogens with two attached hydrogens (primary N) is 1. The maximum atomic E-state index is 10.5. The molecule has 0 saturated carbocycles. The average molecular weight is 195 g/mol. The maximum Gasteiger partial charge on any atom is 0.304 e. The topological polar surface area (TPSA) is 89.1 Å². The summed E-state index contributed by atoms with van der Waals surface area (Å²) in [5, 5.41) is 8.63. The monoisotopic (exact) mass is 195 g/mol. The van der Waals surface area contributed by atoms with Gasteiger partial charge in [0.15, 0.2) is 0 Å². The third-order valence-electron chi connectivity index (χ3n) is 1.92. The molecular weight excluding hydrogens is 182 g/mol. The van der Waals surface area contributed by atoms with Crippen LogP contribution in [0.3, 0.4) is 0 Å². The van der Waals surface area contributed by atoms with Crippen molar-refractivity contribution in [2.24, 2.45) is 5.73 Å². The molecule has 1 aromatic heterocycles. The minimum absolute atomic E-state index is 0.00571. The molecule has 1 rings (SSSR count). The summed E-state index contributed by atoms with van der Waals surface area (Å²) in [6.45, 7) is 2.09. The smallest absolute Gasteiger partial charge is 0.304 e. The minimum atomic E-state index is -0.872. The van der Waals surface area contributed by atoms with Crippen LogP contribution in [0.2, 0.25) is 0 Å². The van der Waals surface area contributed by atoms with Crippen LogP contribution in [-0.4, -0.2) is 27.6 Å². The first-order valence-electron chi connectivity index (χ1n) is 4.34. The Bertz CT molecular complexity index is 310. The molecule has 0 spiro atoms. The van der Waals surface area contributed by atoms with Crippen LogP contribution in [0.15, 0.2) is 12.4 Å². The molecule has 5 nitrogen and oxygen atoms in total. The lowest BCUT2D eigenvalue weighted by Gasteiger charge is -2.10. The fraction of sp³-hybridized carbons (Fsp3) is 0.444. The maximum absolute atomic E-state index is 10.5. The summed E-state index contributed by atoms with van der Waals surface area (Å²) < 4.78 is 0. The number of carboxylic acids is 1. The van der Waals surface area contributed by atoms with Gasteiger partial charge in [-0.3, -0.25) is 14.8 Å². The predicted molar refractivity (Wildman–Crippen MR) is 50.8 cm³/mol. The van der Waals surface area contributed by atoms with Crippen molar-refractivity contribution in [3.8, 4) is 0 Å². The molecule has 1 unspecified atom stereocenters. The van der Waals surface area contributed by atoms with Gasteiger partial charge in [-0.25, -0.2) is 0 Å². The fourth-order valence-electron chi connectivity index (χ4n) is 1.13. The summed E-state index contributed by atoms with van der Waals surface area (Å²) in [6.07, 6.45) is 3.18. The van der Waals surface area contributed by atoms with E-state index in [1.54, 1.807) is 12.4 Å². The molecule has 0 saturated heterocycles. The summed E-state index contributed by atoms with van der Waals surface area (Å²) in [4.78, 5) is 18.6. The van der Waals surface area contributed by atoms with E-state index in [0.29, 0.717) is 5.69 Å². The van der Waals surface area contributed by atoms with Gasteiger partial charge in [0.2, 0.25) is 0 Å². The zero-order chi connectivity index (χ0) is 10.6. The van der Waals surface area contributed by atoms with Gasteiger partial charge in [-0.1, -0.05) is 0 Å². The number of rotatable bonds is 4. The second-order valence-corrected chi connectivity index (χ2v) is 3.11. The van der Waals surface area contributed by atoms with E-state index in [2.05, 4.69) is 9.97 Å². The van der Waals surface area contributed by atoms with Crippen molar-refractivity contribution in [1.82, 2.24) is 9.97 Å². The molecule has 0 bridgehead atoms. The molecule has 1 heterocycles. The second-order valence-electron chi connectivity index (χ2n) is 3.11. The van der Waals surface area contributed by atoms with Gasteiger partial charge in [-0.2, -0.15) is 0 Å². The average Bonchev–Trinajstić information content (AvgIpc) is 2.15. The lowest BCUT2D eigenvalue weighted by Crippen LogP contribution is -2.17. The molecule has 0 amide bonds. The van der Waals surface area contributed by atoms with Crippen LogP contribution in [0.1, 0.15) is 23.7 Å². The molecule has 0 radical (unpaired) electrons. The second kappa shape index (κ2) is 4.66. The lowest BCUT2D eigenvalue weighted by molar-refractivity contribution is -0.137. The quantitative estimate of drug-likeness (QED) is 0.721. The highest BCUT2D eigenvalue weighted by Crippen LogP contribution is 2.14. The van der Waals surface area contributed by atoms with Crippen molar-refractivity contribution < 1.29 is 9.90 Å². The number of carboxylic acid groups (broad SMARTS) is 1. The highest BCUT2D eigenvalue weighted by molar-refractivity contribution is 5.67. The van der Waals surface area contributed by atoms with Crippen molar-refractivity contribution in [3.05, 3.63) is 23.8 Å². The number of aromatic nitrogens is 2. The van der Waals surface area contributed by atoms with Gasteiger partial charge in [0.1, 0.15) is 0 Å². The Morgan fingerprint density at radius 1 is 1.57 bits per heavy atom. The van der Waals surface area contributed by atoms with Crippen molar-refractivity contribution in [2.45, 2.75) is 19.3 Å². The molecule has 1 aromatic rings. The summed E-state index contributed by atoms with van der Waals surface area (Å²) in [5.74, 6) is -1.12. The first kappa shape index (κ1) is 10.6. The van der Waals surface area contributed by atoms with Crippen molar-refractivity contribution >= 4 is 5.97 Å². The Balaban J connectivity index is 2.78. The molecule has 76 valence electrons. The Morgan fingerprint density at radius 2 is 2.29 bits per heavy atom. The third kappa shape index (κ3) is 2.77. The molecule has 0 fully saturated rings. The van der Waals surface area contributed by atoms with E-state index >= 15 is 0 Å². The van der Waals surface area contributed by atoms with Gasteiger partial charge in [-0.15, -0.1) is 0 Å². The molecule has 0 aliphatic heterocycles. The van der Waals surface area contributed by atoms with Gasteiger partial charge in [0, 0.05) is 24.9 Å². The zero-order valence-electron chi connectivity index (χ0n) is 7.97. The lowest BCUT2D eigenvalue weighted by atomic mass is 10.0. The van der Waals surface area contributed by atoms with Crippen LogP contribution in [-0.2, 0) is 4.79 Å². The molecule has 0 aromatic carbocycles. The largest absolute Gasteiger partial charge is 0.481 e. The molecule has 0 aliphatic rings. The minimum Gasteiger partial charge on any atom is -0.481 e. The van der Waals surface area contributed by atoms with Crippen LogP contribution >= 0.6 is 0 Å². The van der Waals surface area contributed by atoms with E-state index in [4.69, 9.17) is 10.8 Å². The van der Waals surface area contributed by atoms with Crippen molar-refractivity contribution in [3.63, 3.8) is 0 Å². The van der Waals surface area contributed by atoms with Gasteiger partial charge in [0.05, 0.1) is 17.8 Å². The number of aryl methyl sites for hydroxylation is 1. The number of carbonyl (C=O) groups is 1. The first-order valence-corrected chi connectivity index (χ1v) is 4.34. The van der Waals surface area contributed by atoms with E-state index in [1.807, 2.05) is 6.92 Å². The van der Waals surface area contributed by atoms with E-state index in [0.717, 1.165) is 5.69 Å². The number of hydrogen-bond donors (Lipinski definition) is 2.